The van der Waals surface area contributed by atoms with E-state index in [1.54, 1.807) is 7.05 Å². The van der Waals surface area contributed by atoms with Crippen molar-refractivity contribution in [2.45, 2.75) is 30.4 Å². The monoisotopic (exact) mass is 315 g/mol. The van der Waals surface area contributed by atoms with Crippen molar-refractivity contribution in [1.82, 2.24) is 9.29 Å². The second-order valence-electron chi connectivity index (χ2n) is 5.61. The minimum Gasteiger partial charge on any atom is -0.394 e. The van der Waals surface area contributed by atoms with Gasteiger partial charge in [-0.3, -0.25) is 0 Å². The number of nitrogens with one attached hydrogen (secondary N) is 1. The van der Waals surface area contributed by atoms with E-state index in [0.717, 1.165) is 0 Å². The van der Waals surface area contributed by atoms with Crippen molar-refractivity contribution in [1.29, 1.82) is 0 Å². The Bertz CT molecular complexity index is 603. The second kappa shape index (κ2) is 5.88. The number of anilines is 1. The molecule has 1 fully saturated rings. The maximum atomic E-state index is 12.7. The molecule has 1 atom stereocenters. The van der Waals surface area contributed by atoms with Crippen molar-refractivity contribution in [2.75, 3.05) is 32.1 Å². The molecule has 0 amide bonds. The highest BCUT2D eigenvalue weighted by atomic mass is 32.2. The largest absolute Gasteiger partial charge is 0.394 e. The molecular formula is C13H21N3O4S. The van der Waals surface area contributed by atoms with Crippen LogP contribution in [-0.4, -0.2) is 61.3 Å². The first-order chi connectivity index (χ1) is 9.78. The molecule has 21 heavy (non-hydrogen) atoms. The molecule has 1 saturated heterocycles. The molecule has 1 aromatic heterocycles. The standard InChI is InChI=1S/C13H21N3O4S/c1-13(2)9-16(7-10(8-17)20-13)21(18,19)11-4-5-15-12(6-11)14-3/h4-6,10,17H,7-9H2,1-3H3,(H,14,15). The summed E-state index contributed by atoms with van der Waals surface area (Å²) in [5.74, 6) is 0.488. The van der Waals surface area contributed by atoms with Gasteiger partial charge in [0.15, 0.2) is 0 Å². The number of hydrogen-bond donors (Lipinski definition) is 2. The SMILES string of the molecule is CNc1cc(S(=O)(=O)N2CC(CO)OC(C)(C)C2)ccn1. The Kier molecular flexibility index (Phi) is 4.52. The van der Waals surface area contributed by atoms with Gasteiger partial charge in [0.05, 0.1) is 23.2 Å². The molecule has 7 nitrogen and oxygen atoms in total. The van der Waals surface area contributed by atoms with E-state index in [1.807, 2.05) is 13.8 Å². The van der Waals surface area contributed by atoms with Crippen LogP contribution in [0, 0.1) is 0 Å². The van der Waals surface area contributed by atoms with Crippen LogP contribution >= 0.6 is 0 Å². The van der Waals surface area contributed by atoms with Crippen LogP contribution < -0.4 is 5.32 Å². The van der Waals surface area contributed by atoms with Crippen LogP contribution in [0.2, 0.25) is 0 Å². The fraction of sp³-hybridized carbons (Fsp3) is 0.615. The summed E-state index contributed by atoms with van der Waals surface area (Å²) in [6.07, 6.45) is 0.933. The molecule has 2 rings (SSSR count). The molecule has 1 unspecified atom stereocenters. The van der Waals surface area contributed by atoms with Crippen LogP contribution in [0.15, 0.2) is 23.2 Å². The number of nitrogens with zero attached hydrogens (tertiary/aromatic N) is 2. The number of hydrogen-bond acceptors (Lipinski definition) is 6. The van der Waals surface area contributed by atoms with E-state index in [-0.39, 0.29) is 24.6 Å². The molecule has 8 heteroatoms. The van der Waals surface area contributed by atoms with Crippen molar-refractivity contribution in [3.05, 3.63) is 18.3 Å². The third-order valence-electron chi connectivity index (χ3n) is 3.28. The van der Waals surface area contributed by atoms with E-state index < -0.39 is 21.7 Å². The normalized spacial score (nSPS) is 23.0. The van der Waals surface area contributed by atoms with Gasteiger partial charge in [0.1, 0.15) is 5.82 Å². The summed E-state index contributed by atoms with van der Waals surface area (Å²) in [5, 5.41) is 12.1. The van der Waals surface area contributed by atoms with Crippen LogP contribution in [0.25, 0.3) is 0 Å². The number of ether oxygens (including phenoxy) is 1. The van der Waals surface area contributed by atoms with Crippen LogP contribution in [0.1, 0.15) is 13.8 Å². The van der Waals surface area contributed by atoms with E-state index in [0.29, 0.717) is 5.82 Å². The van der Waals surface area contributed by atoms with Gasteiger partial charge < -0.3 is 15.2 Å². The van der Waals surface area contributed by atoms with Crippen LogP contribution in [-0.2, 0) is 14.8 Å². The molecule has 1 aliphatic rings. The Morgan fingerprint density at radius 3 is 2.90 bits per heavy atom. The number of aromatic nitrogens is 1. The number of aliphatic hydroxyl groups is 1. The molecule has 2 heterocycles. The van der Waals surface area contributed by atoms with E-state index in [4.69, 9.17) is 4.74 Å². The lowest BCUT2D eigenvalue weighted by atomic mass is 10.1. The molecule has 1 aromatic rings. The van der Waals surface area contributed by atoms with Crippen molar-refractivity contribution in [2.24, 2.45) is 0 Å². The number of aliphatic hydroxyl groups excluding tert-OH is 1. The zero-order valence-electron chi connectivity index (χ0n) is 12.4. The topological polar surface area (TPSA) is 91.8 Å². The summed E-state index contributed by atoms with van der Waals surface area (Å²) >= 11 is 0. The number of rotatable bonds is 4. The number of sulfonamides is 1. The highest BCUT2D eigenvalue weighted by molar-refractivity contribution is 7.89. The number of pyridine rings is 1. The quantitative estimate of drug-likeness (QED) is 0.829. The number of morpholine rings is 1. The molecule has 0 spiro atoms. The Balaban J connectivity index is 2.33. The third kappa shape index (κ3) is 3.52. The summed E-state index contributed by atoms with van der Waals surface area (Å²) in [5.41, 5.74) is -0.641. The van der Waals surface area contributed by atoms with Gasteiger partial charge in [-0.2, -0.15) is 4.31 Å². The first-order valence-electron chi connectivity index (χ1n) is 6.71. The van der Waals surface area contributed by atoms with E-state index in [2.05, 4.69) is 10.3 Å². The molecule has 0 bridgehead atoms. The van der Waals surface area contributed by atoms with Crippen LogP contribution in [0.4, 0.5) is 5.82 Å². The summed E-state index contributed by atoms with van der Waals surface area (Å²) < 4.78 is 32.5. The fourth-order valence-corrected chi connectivity index (χ4v) is 4.01. The summed E-state index contributed by atoms with van der Waals surface area (Å²) in [7, 11) is -1.97. The zero-order chi connectivity index (χ0) is 15.7. The Hall–Kier alpha value is -1.22. The molecule has 0 radical (unpaired) electrons. The lowest BCUT2D eigenvalue weighted by Crippen LogP contribution is -2.55. The highest BCUT2D eigenvalue weighted by Crippen LogP contribution is 2.26. The average Bonchev–Trinajstić information content (AvgIpc) is 2.45. The average molecular weight is 315 g/mol. The van der Waals surface area contributed by atoms with E-state index in [9.17, 15) is 13.5 Å². The van der Waals surface area contributed by atoms with Gasteiger partial charge in [-0.25, -0.2) is 13.4 Å². The summed E-state index contributed by atoms with van der Waals surface area (Å²) in [6, 6.07) is 2.96. The van der Waals surface area contributed by atoms with Gasteiger partial charge in [-0.1, -0.05) is 0 Å². The third-order valence-corrected chi connectivity index (χ3v) is 5.09. The highest BCUT2D eigenvalue weighted by Gasteiger charge is 2.39. The summed E-state index contributed by atoms with van der Waals surface area (Å²) in [4.78, 5) is 4.19. The van der Waals surface area contributed by atoms with E-state index in [1.165, 1.54) is 22.6 Å². The predicted octanol–water partition coefficient (Wildman–Crippen LogP) is 0.284. The Morgan fingerprint density at radius 2 is 2.29 bits per heavy atom. The van der Waals surface area contributed by atoms with Gasteiger partial charge >= 0.3 is 0 Å². The van der Waals surface area contributed by atoms with Crippen molar-refractivity contribution < 1.29 is 18.3 Å². The Labute approximate surface area is 125 Å². The molecule has 118 valence electrons. The van der Waals surface area contributed by atoms with E-state index >= 15 is 0 Å². The summed E-state index contributed by atoms with van der Waals surface area (Å²) in [6.45, 7) is 3.78. The minimum atomic E-state index is -3.65. The fourth-order valence-electron chi connectivity index (χ4n) is 2.38. The maximum Gasteiger partial charge on any atom is 0.243 e. The molecule has 0 aliphatic carbocycles. The first kappa shape index (κ1) is 16.2. The maximum absolute atomic E-state index is 12.7. The second-order valence-corrected chi connectivity index (χ2v) is 7.54. The lowest BCUT2D eigenvalue weighted by molar-refractivity contribution is -0.131. The Morgan fingerprint density at radius 1 is 1.57 bits per heavy atom. The molecule has 0 saturated carbocycles. The van der Waals surface area contributed by atoms with Crippen LogP contribution in [0.3, 0.4) is 0 Å². The van der Waals surface area contributed by atoms with Crippen molar-refractivity contribution in [3.63, 3.8) is 0 Å². The molecular weight excluding hydrogens is 294 g/mol. The van der Waals surface area contributed by atoms with Crippen LogP contribution in [0.5, 0.6) is 0 Å². The molecule has 2 N–H and O–H groups in total. The molecule has 1 aliphatic heterocycles. The van der Waals surface area contributed by atoms with Gasteiger partial charge in [0.2, 0.25) is 10.0 Å². The smallest absolute Gasteiger partial charge is 0.243 e. The predicted molar refractivity (Wildman–Crippen MR) is 78.6 cm³/mol. The van der Waals surface area contributed by atoms with Gasteiger partial charge in [0.25, 0.3) is 0 Å². The first-order valence-corrected chi connectivity index (χ1v) is 8.15. The van der Waals surface area contributed by atoms with Gasteiger partial charge in [-0.15, -0.1) is 0 Å². The van der Waals surface area contributed by atoms with Crippen molar-refractivity contribution >= 4 is 15.8 Å². The molecule has 0 aromatic carbocycles. The van der Waals surface area contributed by atoms with Gasteiger partial charge in [-0.05, 0) is 19.9 Å². The van der Waals surface area contributed by atoms with Crippen molar-refractivity contribution in [3.8, 4) is 0 Å². The van der Waals surface area contributed by atoms with Gasteiger partial charge in [0, 0.05) is 32.4 Å². The zero-order valence-corrected chi connectivity index (χ0v) is 13.2. The minimum absolute atomic E-state index is 0.138. The lowest BCUT2D eigenvalue weighted by Gasteiger charge is -2.41.